The molecule has 2 heterocycles. The zero-order valence-corrected chi connectivity index (χ0v) is 17.4. The lowest BCUT2D eigenvalue weighted by Gasteiger charge is -2.23. The van der Waals surface area contributed by atoms with Crippen molar-refractivity contribution in [1.82, 2.24) is 4.57 Å². The summed E-state index contributed by atoms with van der Waals surface area (Å²) in [6.45, 7) is 0.272. The number of benzene rings is 2. The van der Waals surface area contributed by atoms with Gasteiger partial charge in [0.25, 0.3) is 0 Å². The Balaban J connectivity index is 1.68. The standard InChI is InChI=1S/C23H21F3N4O3/c24-11-3-1-10(2-4-11)13-7-29(9-15(13)27)21-17(25)19(28)16-20(18(21)26)30(12-5-6-12)8-14(22(16)31)23(32)33/h1-4,8,12-13,15H,5-7,9,27-28H2,(H,32,33)/t13-,15+/m0/s1. The van der Waals surface area contributed by atoms with E-state index >= 15 is 8.78 Å². The number of rotatable bonds is 4. The summed E-state index contributed by atoms with van der Waals surface area (Å²) in [5, 5.41) is 8.93. The molecule has 0 unspecified atom stereocenters. The van der Waals surface area contributed by atoms with Gasteiger partial charge in [-0.3, -0.25) is 4.79 Å². The van der Waals surface area contributed by atoms with Gasteiger partial charge in [-0.2, -0.15) is 0 Å². The first kappa shape index (κ1) is 21.3. The van der Waals surface area contributed by atoms with Gasteiger partial charge in [0, 0.05) is 37.3 Å². The maximum Gasteiger partial charge on any atom is 0.341 e. The van der Waals surface area contributed by atoms with E-state index in [2.05, 4.69) is 0 Å². The van der Waals surface area contributed by atoms with Crippen LogP contribution in [-0.4, -0.2) is 34.8 Å². The molecule has 5 rings (SSSR count). The van der Waals surface area contributed by atoms with Crippen molar-refractivity contribution in [2.45, 2.75) is 30.8 Å². The van der Waals surface area contributed by atoms with Gasteiger partial charge < -0.3 is 26.0 Å². The fraction of sp³-hybridized carbons (Fsp3) is 0.304. The first-order valence-electron chi connectivity index (χ1n) is 10.5. The minimum absolute atomic E-state index is 0.113. The first-order chi connectivity index (χ1) is 15.7. The van der Waals surface area contributed by atoms with Gasteiger partial charge >= 0.3 is 5.97 Å². The highest BCUT2D eigenvalue weighted by Crippen LogP contribution is 2.43. The predicted molar refractivity (Wildman–Crippen MR) is 117 cm³/mol. The normalized spacial score (nSPS) is 20.5. The van der Waals surface area contributed by atoms with Crippen LogP contribution in [0.5, 0.6) is 0 Å². The summed E-state index contributed by atoms with van der Waals surface area (Å²) in [6.07, 6.45) is 2.44. The van der Waals surface area contributed by atoms with Crippen LogP contribution < -0.4 is 21.8 Å². The molecule has 1 aromatic heterocycles. The monoisotopic (exact) mass is 458 g/mol. The molecule has 172 valence electrons. The van der Waals surface area contributed by atoms with Gasteiger partial charge in [-0.15, -0.1) is 0 Å². The van der Waals surface area contributed by atoms with Crippen molar-refractivity contribution in [2.75, 3.05) is 23.7 Å². The predicted octanol–water partition coefficient (Wildman–Crippen LogP) is 2.97. The van der Waals surface area contributed by atoms with Crippen LogP contribution in [0.2, 0.25) is 0 Å². The quantitative estimate of drug-likeness (QED) is 0.518. The number of hydrogen-bond acceptors (Lipinski definition) is 5. The number of carbonyl (C=O) groups is 1. The van der Waals surface area contributed by atoms with Gasteiger partial charge in [-0.25, -0.2) is 18.0 Å². The van der Waals surface area contributed by atoms with Crippen molar-refractivity contribution in [3.05, 3.63) is 69.3 Å². The average Bonchev–Trinajstić information content (AvgIpc) is 3.54. The summed E-state index contributed by atoms with van der Waals surface area (Å²) in [4.78, 5) is 25.8. The van der Waals surface area contributed by atoms with Crippen LogP contribution in [0, 0.1) is 17.5 Å². The van der Waals surface area contributed by atoms with Crippen LogP contribution >= 0.6 is 0 Å². The lowest BCUT2D eigenvalue weighted by Crippen LogP contribution is -2.30. The van der Waals surface area contributed by atoms with E-state index in [1.807, 2.05) is 0 Å². The van der Waals surface area contributed by atoms with Crippen molar-refractivity contribution >= 4 is 28.2 Å². The highest BCUT2D eigenvalue weighted by atomic mass is 19.1. The maximum atomic E-state index is 15.9. The fourth-order valence-corrected chi connectivity index (χ4v) is 4.70. The number of aromatic carboxylic acids is 1. The molecule has 2 atom stereocenters. The van der Waals surface area contributed by atoms with E-state index in [0.717, 1.165) is 11.8 Å². The summed E-state index contributed by atoms with van der Waals surface area (Å²) in [5.41, 5.74) is 10.1. The SMILES string of the molecule is Nc1c(F)c(N2C[C@@H](N)[C@H](c3ccc(F)cc3)C2)c(F)c2c1c(=O)c(C(=O)O)cn2C1CC1. The van der Waals surface area contributed by atoms with Crippen LogP contribution in [-0.2, 0) is 0 Å². The second-order valence-corrected chi connectivity index (χ2v) is 8.66. The number of anilines is 2. The Bertz CT molecular complexity index is 1350. The number of nitrogen functional groups attached to an aromatic ring is 1. The lowest BCUT2D eigenvalue weighted by atomic mass is 9.95. The number of hydrogen-bond donors (Lipinski definition) is 3. The Labute approximate surface area is 186 Å². The summed E-state index contributed by atoms with van der Waals surface area (Å²) in [6, 6.07) is 5.09. The molecule has 0 bridgehead atoms. The van der Waals surface area contributed by atoms with Crippen molar-refractivity contribution in [3.63, 3.8) is 0 Å². The molecule has 0 spiro atoms. The molecule has 1 aliphatic carbocycles. The van der Waals surface area contributed by atoms with Crippen LogP contribution in [0.3, 0.4) is 0 Å². The van der Waals surface area contributed by atoms with Crippen LogP contribution in [0.25, 0.3) is 10.9 Å². The Hall–Kier alpha value is -3.53. The van der Waals surface area contributed by atoms with Gasteiger partial charge in [0.2, 0.25) is 5.43 Å². The topological polar surface area (TPSA) is 115 Å². The molecule has 1 aliphatic heterocycles. The molecule has 2 aromatic carbocycles. The van der Waals surface area contributed by atoms with Gasteiger partial charge in [0.05, 0.1) is 16.6 Å². The fourth-order valence-electron chi connectivity index (χ4n) is 4.70. The maximum absolute atomic E-state index is 15.9. The lowest BCUT2D eigenvalue weighted by molar-refractivity contribution is 0.0695. The molecule has 2 fully saturated rings. The second kappa shape index (κ2) is 7.51. The second-order valence-electron chi connectivity index (χ2n) is 8.66. The molecule has 1 saturated carbocycles. The van der Waals surface area contributed by atoms with E-state index in [1.54, 1.807) is 12.1 Å². The minimum Gasteiger partial charge on any atom is -0.477 e. The number of nitrogens with zero attached hydrogens (tertiary/aromatic N) is 2. The molecule has 7 nitrogen and oxygen atoms in total. The summed E-state index contributed by atoms with van der Waals surface area (Å²) in [7, 11) is 0. The van der Waals surface area contributed by atoms with Crippen molar-refractivity contribution in [1.29, 1.82) is 0 Å². The van der Waals surface area contributed by atoms with E-state index in [1.165, 1.54) is 21.6 Å². The third-order valence-corrected chi connectivity index (χ3v) is 6.51. The molecule has 0 amide bonds. The van der Waals surface area contributed by atoms with E-state index in [9.17, 15) is 19.1 Å². The third-order valence-electron chi connectivity index (χ3n) is 6.51. The molecule has 2 aliphatic rings. The Kier molecular flexibility index (Phi) is 4.86. The Morgan fingerprint density at radius 3 is 2.33 bits per heavy atom. The van der Waals surface area contributed by atoms with Crippen molar-refractivity contribution in [2.24, 2.45) is 5.73 Å². The van der Waals surface area contributed by atoms with Gasteiger partial charge in [0.15, 0.2) is 11.6 Å². The smallest absolute Gasteiger partial charge is 0.341 e. The van der Waals surface area contributed by atoms with Crippen LogP contribution in [0.1, 0.15) is 40.7 Å². The number of nitrogens with two attached hydrogens (primary N) is 2. The van der Waals surface area contributed by atoms with Gasteiger partial charge in [-0.1, -0.05) is 12.1 Å². The molecule has 33 heavy (non-hydrogen) atoms. The third kappa shape index (κ3) is 3.32. The van der Waals surface area contributed by atoms with E-state index in [4.69, 9.17) is 11.5 Å². The Morgan fingerprint density at radius 1 is 1.06 bits per heavy atom. The van der Waals surface area contributed by atoms with Gasteiger partial charge in [-0.05, 0) is 30.5 Å². The summed E-state index contributed by atoms with van der Waals surface area (Å²) >= 11 is 0. The largest absolute Gasteiger partial charge is 0.477 e. The van der Waals surface area contributed by atoms with E-state index in [0.29, 0.717) is 12.8 Å². The molecular formula is C23H21F3N4O3. The molecule has 0 radical (unpaired) electrons. The number of pyridine rings is 1. The van der Waals surface area contributed by atoms with Crippen molar-refractivity contribution in [3.8, 4) is 0 Å². The van der Waals surface area contributed by atoms with Crippen molar-refractivity contribution < 1.29 is 23.1 Å². The number of carboxylic acids is 1. The molecule has 1 saturated heterocycles. The first-order valence-corrected chi connectivity index (χ1v) is 10.5. The average molecular weight is 458 g/mol. The van der Waals surface area contributed by atoms with E-state index in [-0.39, 0.29) is 30.6 Å². The van der Waals surface area contributed by atoms with Gasteiger partial charge in [0.1, 0.15) is 17.1 Å². The Morgan fingerprint density at radius 2 is 1.73 bits per heavy atom. The molecule has 10 heteroatoms. The summed E-state index contributed by atoms with van der Waals surface area (Å²) in [5.74, 6) is -4.31. The zero-order chi connectivity index (χ0) is 23.6. The van der Waals surface area contributed by atoms with E-state index < -0.39 is 57.2 Å². The number of aromatic nitrogens is 1. The number of carboxylic acid groups (broad SMARTS) is 1. The molecule has 5 N–H and O–H groups in total. The number of fused-ring (bicyclic) bond motifs is 1. The minimum atomic E-state index is -1.49. The zero-order valence-electron chi connectivity index (χ0n) is 17.4. The molecule has 3 aromatic rings. The molecular weight excluding hydrogens is 437 g/mol. The van der Waals surface area contributed by atoms with Crippen LogP contribution in [0.4, 0.5) is 24.5 Å². The summed E-state index contributed by atoms with van der Waals surface area (Å²) < 4.78 is 46.0. The van der Waals surface area contributed by atoms with Crippen LogP contribution in [0.15, 0.2) is 35.3 Å². The highest BCUT2D eigenvalue weighted by Gasteiger charge is 2.37. The highest BCUT2D eigenvalue weighted by molar-refractivity contribution is 5.99. The number of halogens is 3.